The predicted octanol–water partition coefficient (Wildman–Crippen LogP) is 2.31. The Labute approximate surface area is 117 Å². The molecule has 0 fully saturated rings. The van der Waals surface area contributed by atoms with E-state index in [0.717, 1.165) is 5.56 Å². The molecule has 0 amide bonds. The van der Waals surface area contributed by atoms with Crippen LogP contribution in [0, 0.1) is 0 Å². The molecule has 0 aliphatic carbocycles. The first-order valence-corrected chi connectivity index (χ1v) is 6.33. The number of Topliss-reactive ketones (excluding diaryl/α,β-unsaturated/α-hetero) is 1. The van der Waals surface area contributed by atoms with Crippen LogP contribution in [0.2, 0.25) is 0 Å². The van der Waals surface area contributed by atoms with Crippen LogP contribution in [-0.4, -0.2) is 29.5 Å². The molecule has 5 heteroatoms. The first-order valence-electron chi connectivity index (χ1n) is 6.33. The van der Waals surface area contributed by atoms with E-state index in [9.17, 15) is 4.79 Å². The van der Waals surface area contributed by atoms with Crippen molar-refractivity contribution in [3.05, 3.63) is 47.9 Å². The van der Waals surface area contributed by atoms with Crippen LogP contribution in [0.3, 0.4) is 0 Å². The summed E-state index contributed by atoms with van der Waals surface area (Å²) in [6, 6.07) is 5.26. The normalized spacial score (nSPS) is 10.1. The highest BCUT2D eigenvalue weighted by molar-refractivity contribution is 5.97. The van der Waals surface area contributed by atoms with E-state index in [1.807, 2.05) is 13.0 Å². The lowest BCUT2D eigenvalue weighted by Gasteiger charge is -2.05. The van der Waals surface area contributed by atoms with E-state index in [1.165, 1.54) is 0 Å². The van der Waals surface area contributed by atoms with Crippen LogP contribution in [-0.2, 0) is 6.42 Å². The maximum atomic E-state index is 12.2. The second-order valence-electron chi connectivity index (χ2n) is 4.15. The smallest absolute Gasteiger partial charge is 0.212 e. The third-order valence-electron chi connectivity index (χ3n) is 2.72. The molecule has 2 heterocycles. The van der Waals surface area contributed by atoms with Crippen LogP contribution in [0.25, 0.3) is 0 Å². The van der Waals surface area contributed by atoms with Gasteiger partial charge in [-0.15, -0.1) is 0 Å². The minimum absolute atomic E-state index is 0.0222. The van der Waals surface area contributed by atoms with E-state index in [1.54, 1.807) is 37.8 Å². The van der Waals surface area contributed by atoms with Crippen molar-refractivity contribution in [2.24, 2.45) is 0 Å². The van der Waals surface area contributed by atoms with Crippen LogP contribution < -0.4 is 9.47 Å². The van der Waals surface area contributed by atoms with E-state index >= 15 is 0 Å². The van der Waals surface area contributed by atoms with Crippen LogP contribution in [0.5, 0.6) is 11.6 Å². The largest absolute Gasteiger partial charge is 0.492 e. The molecule has 0 aliphatic heterocycles. The quantitative estimate of drug-likeness (QED) is 0.755. The van der Waals surface area contributed by atoms with Gasteiger partial charge < -0.3 is 9.47 Å². The lowest BCUT2D eigenvalue weighted by atomic mass is 10.1. The number of rotatable bonds is 6. The second-order valence-corrected chi connectivity index (χ2v) is 4.15. The number of nitrogens with zero attached hydrogens (tertiary/aromatic N) is 2. The Bertz CT molecular complexity index is 582. The number of methoxy groups -OCH3 is 1. The minimum Gasteiger partial charge on any atom is -0.492 e. The van der Waals surface area contributed by atoms with Crippen LogP contribution in [0.4, 0.5) is 0 Å². The molecule has 0 radical (unpaired) electrons. The molecule has 0 N–H and O–H groups in total. The summed E-state index contributed by atoms with van der Waals surface area (Å²) in [5.74, 6) is 1.11. The van der Waals surface area contributed by atoms with E-state index in [-0.39, 0.29) is 12.2 Å². The standard InChI is InChI=1S/C15H16N2O3/c1-3-20-13-7-12(9-16-10-13)14(18)6-11-4-5-15(19-2)17-8-11/h4-5,7-10H,3,6H2,1-2H3. The molecular formula is C15H16N2O3. The maximum Gasteiger partial charge on any atom is 0.212 e. The summed E-state index contributed by atoms with van der Waals surface area (Å²) in [6.45, 7) is 2.43. The van der Waals surface area contributed by atoms with Gasteiger partial charge in [-0.25, -0.2) is 4.98 Å². The SMILES string of the molecule is CCOc1cncc(C(=O)Cc2ccc(OC)nc2)c1. The van der Waals surface area contributed by atoms with Gasteiger partial charge in [0.05, 0.1) is 19.9 Å². The number of carbonyl (C=O) groups is 1. The lowest BCUT2D eigenvalue weighted by molar-refractivity contribution is 0.0992. The van der Waals surface area contributed by atoms with Crippen molar-refractivity contribution in [2.45, 2.75) is 13.3 Å². The van der Waals surface area contributed by atoms with Gasteiger partial charge in [0.15, 0.2) is 5.78 Å². The molecule has 0 aromatic carbocycles. The van der Waals surface area contributed by atoms with Crippen molar-refractivity contribution < 1.29 is 14.3 Å². The fourth-order valence-corrected chi connectivity index (χ4v) is 1.74. The van der Waals surface area contributed by atoms with E-state index < -0.39 is 0 Å². The maximum absolute atomic E-state index is 12.2. The Morgan fingerprint density at radius 3 is 2.75 bits per heavy atom. The first-order chi connectivity index (χ1) is 9.72. The zero-order valence-electron chi connectivity index (χ0n) is 11.5. The Morgan fingerprint density at radius 1 is 1.25 bits per heavy atom. The summed E-state index contributed by atoms with van der Waals surface area (Å²) >= 11 is 0. The molecule has 2 aromatic rings. The zero-order valence-corrected chi connectivity index (χ0v) is 11.5. The Hall–Kier alpha value is -2.43. The summed E-state index contributed by atoms with van der Waals surface area (Å²) in [5, 5.41) is 0. The topological polar surface area (TPSA) is 61.3 Å². The molecule has 0 saturated carbocycles. The third-order valence-corrected chi connectivity index (χ3v) is 2.72. The number of aromatic nitrogens is 2. The first kappa shape index (κ1) is 14.0. The van der Waals surface area contributed by atoms with Gasteiger partial charge in [-0.05, 0) is 18.6 Å². The van der Waals surface area contributed by atoms with Crippen molar-refractivity contribution in [1.82, 2.24) is 9.97 Å². The molecule has 0 spiro atoms. The molecule has 5 nitrogen and oxygen atoms in total. The number of pyridine rings is 2. The number of carbonyl (C=O) groups excluding carboxylic acids is 1. The van der Waals surface area contributed by atoms with Gasteiger partial charge in [-0.2, -0.15) is 0 Å². The summed E-state index contributed by atoms with van der Waals surface area (Å²) < 4.78 is 10.3. The number of hydrogen-bond acceptors (Lipinski definition) is 5. The van der Waals surface area contributed by atoms with Gasteiger partial charge in [0.1, 0.15) is 5.75 Å². The molecule has 0 bridgehead atoms. The summed E-state index contributed by atoms with van der Waals surface area (Å²) in [7, 11) is 1.55. The average molecular weight is 272 g/mol. The minimum atomic E-state index is -0.0222. The van der Waals surface area contributed by atoms with Gasteiger partial charge >= 0.3 is 0 Å². The average Bonchev–Trinajstić information content (AvgIpc) is 2.48. The predicted molar refractivity (Wildman–Crippen MR) is 74.2 cm³/mol. The summed E-state index contributed by atoms with van der Waals surface area (Å²) in [4.78, 5) is 20.3. The van der Waals surface area contributed by atoms with Crippen LogP contribution in [0.15, 0.2) is 36.8 Å². The Morgan fingerprint density at radius 2 is 2.10 bits per heavy atom. The molecule has 0 unspecified atom stereocenters. The van der Waals surface area contributed by atoms with E-state index in [4.69, 9.17) is 9.47 Å². The fraction of sp³-hybridized carbons (Fsp3) is 0.267. The summed E-state index contributed by atoms with van der Waals surface area (Å²) in [5.41, 5.74) is 1.37. The number of ketones is 1. The lowest BCUT2D eigenvalue weighted by Crippen LogP contribution is -2.05. The van der Waals surface area contributed by atoms with Crippen LogP contribution >= 0.6 is 0 Å². The molecule has 0 saturated heterocycles. The molecule has 2 rings (SSSR count). The molecule has 0 aliphatic rings. The number of hydrogen-bond donors (Lipinski definition) is 0. The monoisotopic (exact) mass is 272 g/mol. The molecule has 20 heavy (non-hydrogen) atoms. The molecule has 2 aromatic heterocycles. The highest BCUT2D eigenvalue weighted by atomic mass is 16.5. The fourth-order valence-electron chi connectivity index (χ4n) is 1.74. The zero-order chi connectivity index (χ0) is 14.4. The van der Waals surface area contributed by atoms with Gasteiger partial charge in [-0.1, -0.05) is 6.07 Å². The van der Waals surface area contributed by atoms with Gasteiger partial charge in [-0.3, -0.25) is 9.78 Å². The van der Waals surface area contributed by atoms with E-state index in [2.05, 4.69) is 9.97 Å². The second kappa shape index (κ2) is 6.65. The van der Waals surface area contributed by atoms with Crippen molar-refractivity contribution in [2.75, 3.05) is 13.7 Å². The molecule has 0 atom stereocenters. The van der Waals surface area contributed by atoms with Crippen molar-refractivity contribution in [3.63, 3.8) is 0 Å². The molecular weight excluding hydrogens is 256 g/mol. The number of ether oxygens (including phenoxy) is 2. The Balaban J connectivity index is 2.08. The van der Waals surface area contributed by atoms with Crippen molar-refractivity contribution in [3.8, 4) is 11.6 Å². The van der Waals surface area contributed by atoms with Crippen molar-refractivity contribution in [1.29, 1.82) is 0 Å². The highest BCUT2D eigenvalue weighted by Gasteiger charge is 2.09. The third kappa shape index (κ3) is 3.54. The Kier molecular flexibility index (Phi) is 4.65. The van der Waals surface area contributed by atoms with Crippen molar-refractivity contribution >= 4 is 5.78 Å². The molecule has 104 valence electrons. The van der Waals surface area contributed by atoms with Crippen LogP contribution in [0.1, 0.15) is 22.8 Å². The summed E-state index contributed by atoms with van der Waals surface area (Å²) in [6.07, 6.45) is 5.04. The van der Waals surface area contributed by atoms with Gasteiger partial charge in [0.2, 0.25) is 5.88 Å². The highest BCUT2D eigenvalue weighted by Crippen LogP contribution is 2.14. The van der Waals surface area contributed by atoms with Gasteiger partial charge in [0, 0.05) is 30.4 Å². The van der Waals surface area contributed by atoms with Gasteiger partial charge in [0.25, 0.3) is 0 Å². The van der Waals surface area contributed by atoms with E-state index in [0.29, 0.717) is 23.8 Å².